The van der Waals surface area contributed by atoms with Gasteiger partial charge in [-0.15, -0.1) is 0 Å². The molecule has 1 aromatic rings. The SMILES string of the molecule is COCC(C)CNC(=O)c1cc([N+](=O)[O-])ccc1I. The predicted octanol–water partition coefficient (Wildman–Crippen LogP) is 2.21. The van der Waals surface area contributed by atoms with Crippen molar-refractivity contribution in [2.45, 2.75) is 6.92 Å². The van der Waals surface area contributed by atoms with Gasteiger partial charge in [-0.1, -0.05) is 6.92 Å². The number of methoxy groups -OCH3 is 1. The number of nitrogens with zero attached hydrogens (tertiary/aromatic N) is 1. The normalized spacial score (nSPS) is 11.9. The molecule has 1 N–H and O–H groups in total. The van der Waals surface area contributed by atoms with Gasteiger partial charge in [0, 0.05) is 29.4 Å². The molecule has 1 unspecified atom stereocenters. The van der Waals surface area contributed by atoms with Gasteiger partial charge in [0.2, 0.25) is 0 Å². The second-order valence-corrected chi connectivity index (χ2v) is 5.35. The predicted molar refractivity (Wildman–Crippen MR) is 79.2 cm³/mol. The lowest BCUT2D eigenvalue weighted by atomic mass is 10.1. The molecular weight excluding hydrogens is 363 g/mol. The summed E-state index contributed by atoms with van der Waals surface area (Å²) in [5, 5.41) is 13.4. The summed E-state index contributed by atoms with van der Waals surface area (Å²) in [5.41, 5.74) is 0.231. The van der Waals surface area contributed by atoms with Crippen LogP contribution in [0, 0.1) is 19.6 Å². The van der Waals surface area contributed by atoms with E-state index in [2.05, 4.69) is 5.32 Å². The highest BCUT2D eigenvalue weighted by Crippen LogP contribution is 2.19. The first-order valence-corrected chi connectivity index (χ1v) is 6.74. The summed E-state index contributed by atoms with van der Waals surface area (Å²) < 4.78 is 5.65. The van der Waals surface area contributed by atoms with Gasteiger partial charge < -0.3 is 10.1 Å². The smallest absolute Gasteiger partial charge is 0.270 e. The summed E-state index contributed by atoms with van der Waals surface area (Å²) in [7, 11) is 1.60. The molecule has 0 spiro atoms. The Hall–Kier alpha value is -1.22. The third-order valence-electron chi connectivity index (χ3n) is 2.47. The quantitative estimate of drug-likeness (QED) is 0.468. The third kappa shape index (κ3) is 4.75. The topological polar surface area (TPSA) is 81.5 Å². The lowest BCUT2D eigenvalue weighted by Gasteiger charge is -2.12. The summed E-state index contributed by atoms with van der Waals surface area (Å²) >= 11 is 1.98. The van der Waals surface area contributed by atoms with Crippen LogP contribution in [-0.2, 0) is 4.74 Å². The average molecular weight is 378 g/mol. The van der Waals surface area contributed by atoms with E-state index in [-0.39, 0.29) is 17.5 Å². The molecule has 0 aliphatic rings. The van der Waals surface area contributed by atoms with Crippen molar-refractivity contribution in [3.8, 4) is 0 Å². The standard InChI is InChI=1S/C12H15IN2O4/c1-8(7-19-2)6-14-12(16)10-5-9(15(17)18)3-4-11(10)13/h3-5,8H,6-7H2,1-2H3,(H,14,16). The first-order chi connectivity index (χ1) is 8.95. The van der Waals surface area contributed by atoms with E-state index >= 15 is 0 Å². The molecule has 6 nitrogen and oxygen atoms in total. The maximum absolute atomic E-state index is 12.0. The highest BCUT2D eigenvalue weighted by atomic mass is 127. The monoisotopic (exact) mass is 378 g/mol. The first-order valence-electron chi connectivity index (χ1n) is 5.66. The number of nitrogens with one attached hydrogen (secondary N) is 1. The molecule has 0 aliphatic heterocycles. The van der Waals surface area contributed by atoms with E-state index in [9.17, 15) is 14.9 Å². The molecule has 0 saturated heterocycles. The van der Waals surface area contributed by atoms with Crippen LogP contribution in [0.4, 0.5) is 5.69 Å². The van der Waals surface area contributed by atoms with E-state index in [4.69, 9.17) is 4.74 Å². The number of benzene rings is 1. The maximum atomic E-state index is 12.0. The Kier molecular flexibility index (Phi) is 6.16. The molecule has 7 heteroatoms. The van der Waals surface area contributed by atoms with Crippen LogP contribution in [0.5, 0.6) is 0 Å². The molecule has 0 bridgehead atoms. The van der Waals surface area contributed by atoms with Crippen LogP contribution in [0.1, 0.15) is 17.3 Å². The van der Waals surface area contributed by atoms with Gasteiger partial charge in [0.15, 0.2) is 0 Å². The summed E-state index contributed by atoms with van der Waals surface area (Å²) in [6, 6.07) is 4.23. The number of ether oxygens (including phenoxy) is 1. The van der Waals surface area contributed by atoms with Crippen LogP contribution in [0.25, 0.3) is 0 Å². The van der Waals surface area contributed by atoms with Crippen LogP contribution < -0.4 is 5.32 Å². The number of carbonyl (C=O) groups is 1. The lowest BCUT2D eigenvalue weighted by molar-refractivity contribution is -0.384. The lowest BCUT2D eigenvalue weighted by Crippen LogP contribution is -2.30. The van der Waals surface area contributed by atoms with Crippen molar-refractivity contribution in [3.05, 3.63) is 37.4 Å². The average Bonchev–Trinajstić information content (AvgIpc) is 2.36. The summed E-state index contributed by atoms with van der Waals surface area (Å²) in [6.45, 7) is 2.96. The Morgan fingerprint density at radius 1 is 1.58 bits per heavy atom. The van der Waals surface area contributed by atoms with Crippen molar-refractivity contribution in [3.63, 3.8) is 0 Å². The second-order valence-electron chi connectivity index (χ2n) is 4.19. The molecule has 1 rings (SSSR count). The van der Waals surface area contributed by atoms with Gasteiger partial charge >= 0.3 is 0 Å². The zero-order chi connectivity index (χ0) is 14.4. The number of nitro groups is 1. The van der Waals surface area contributed by atoms with E-state index in [0.717, 1.165) is 0 Å². The van der Waals surface area contributed by atoms with Crippen molar-refractivity contribution >= 4 is 34.2 Å². The molecule has 1 amide bonds. The van der Waals surface area contributed by atoms with Crippen molar-refractivity contribution in [2.75, 3.05) is 20.3 Å². The van der Waals surface area contributed by atoms with Crippen molar-refractivity contribution in [1.29, 1.82) is 0 Å². The van der Waals surface area contributed by atoms with Crippen LogP contribution in [-0.4, -0.2) is 31.1 Å². The Bertz CT molecular complexity index is 479. The van der Waals surface area contributed by atoms with Gasteiger partial charge in [-0.05, 0) is 34.6 Å². The Labute approximate surface area is 124 Å². The third-order valence-corrected chi connectivity index (χ3v) is 3.41. The number of nitro benzene ring substituents is 1. The first kappa shape index (κ1) is 15.8. The summed E-state index contributed by atoms with van der Waals surface area (Å²) in [5.74, 6) is -0.124. The number of rotatable bonds is 6. The minimum Gasteiger partial charge on any atom is -0.384 e. The van der Waals surface area contributed by atoms with Gasteiger partial charge in [-0.3, -0.25) is 14.9 Å². The Morgan fingerprint density at radius 3 is 2.84 bits per heavy atom. The summed E-state index contributed by atoms with van der Waals surface area (Å²) in [6.07, 6.45) is 0. The fraction of sp³-hybridized carbons (Fsp3) is 0.417. The number of non-ortho nitro benzene ring substituents is 1. The second kappa shape index (κ2) is 7.39. The van der Waals surface area contributed by atoms with Gasteiger partial charge in [0.25, 0.3) is 11.6 Å². The number of hydrogen-bond donors (Lipinski definition) is 1. The van der Waals surface area contributed by atoms with Crippen molar-refractivity contribution < 1.29 is 14.5 Å². The number of carbonyl (C=O) groups excluding carboxylic acids is 1. The van der Waals surface area contributed by atoms with Crippen molar-refractivity contribution in [1.82, 2.24) is 5.32 Å². The van der Waals surface area contributed by atoms with Crippen molar-refractivity contribution in [2.24, 2.45) is 5.92 Å². The van der Waals surface area contributed by atoms with Gasteiger partial charge in [0.1, 0.15) is 0 Å². The molecule has 0 heterocycles. The van der Waals surface area contributed by atoms with Gasteiger partial charge in [0.05, 0.1) is 17.1 Å². The zero-order valence-electron chi connectivity index (χ0n) is 10.7. The molecule has 0 radical (unpaired) electrons. The zero-order valence-corrected chi connectivity index (χ0v) is 12.8. The Balaban J connectivity index is 2.76. The summed E-state index contributed by atoms with van der Waals surface area (Å²) in [4.78, 5) is 22.1. The minimum atomic E-state index is -0.513. The fourth-order valence-corrected chi connectivity index (χ4v) is 2.09. The van der Waals surface area contributed by atoms with Gasteiger partial charge in [-0.2, -0.15) is 0 Å². The molecule has 0 saturated carbocycles. The van der Waals surface area contributed by atoms with E-state index in [1.807, 2.05) is 29.5 Å². The fourth-order valence-electron chi connectivity index (χ4n) is 1.51. The largest absolute Gasteiger partial charge is 0.384 e. The number of hydrogen-bond acceptors (Lipinski definition) is 4. The molecule has 0 fully saturated rings. The molecule has 1 atom stereocenters. The highest BCUT2D eigenvalue weighted by molar-refractivity contribution is 14.1. The van der Waals surface area contributed by atoms with E-state index in [1.54, 1.807) is 13.2 Å². The maximum Gasteiger partial charge on any atom is 0.270 e. The molecule has 104 valence electrons. The van der Waals surface area contributed by atoms with Crippen LogP contribution in [0.3, 0.4) is 0 Å². The Morgan fingerprint density at radius 2 is 2.26 bits per heavy atom. The highest BCUT2D eigenvalue weighted by Gasteiger charge is 2.15. The van der Waals surface area contributed by atoms with E-state index < -0.39 is 4.92 Å². The molecule has 1 aromatic carbocycles. The number of amides is 1. The molecule has 0 aliphatic carbocycles. The van der Waals surface area contributed by atoms with E-state index in [0.29, 0.717) is 22.3 Å². The molecular formula is C12H15IN2O4. The molecule has 19 heavy (non-hydrogen) atoms. The van der Waals surface area contributed by atoms with E-state index in [1.165, 1.54) is 12.1 Å². The van der Waals surface area contributed by atoms with Crippen LogP contribution in [0.2, 0.25) is 0 Å². The van der Waals surface area contributed by atoms with Crippen LogP contribution in [0.15, 0.2) is 18.2 Å². The minimum absolute atomic E-state index is 0.0875. The van der Waals surface area contributed by atoms with Gasteiger partial charge in [-0.25, -0.2) is 0 Å². The number of halogens is 1. The van der Waals surface area contributed by atoms with Crippen LogP contribution >= 0.6 is 22.6 Å². The molecule has 0 aromatic heterocycles.